The van der Waals surface area contributed by atoms with Gasteiger partial charge in [0.25, 0.3) is 0 Å². The van der Waals surface area contributed by atoms with E-state index in [2.05, 4.69) is 25.6 Å². The molecule has 3 aromatic carbocycles. The number of allylic oxidation sites excluding steroid dienone is 1. The van der Waals surface area contributed by atoms with Crippen LogP contribution in [0.5, 0.6) is 0 Å². The fourth-order valence-electron chi connectivity index (χ4n) is 8.18. The predicted molar refractivity (Wildman–Crippen MR) is 184 cm³/mol. The zero-order valence-electron chi connectivity index (χ0n) is 27.4. The lowest BCUT2D eigenvalue weighted by atomic mass is 9.68. The summed E-state index contributed by atoms with van der Waals surface area (Å²) in [6.45, 7) is 6.07. The lowest BCUT2D eigenvalue weighted by molar-refractivity contribution is 0.157. The van der Waals surface area contributed by atoms with Crippen molar-refractivity contribution in [2.24, 2.45) is 17.8 Å². The van der Waals surface area contributed by atoms with Gasteiger partial charge in [-0.25, -0.2) is 13.2 Å². The topological polar surface area (TPSA) is 0 Å². The maximum absolute atomic E-state index is 15.4. The van der Waals surface area contributed by atoms with Crippen molar-refractivity contribution in [1.82, 2.24) is 0 Å². The molecule has 2 saturated carbocycles. The number of halogens is 3. The Hall–Kier alpha value is -2.81. The van der Waals surface area contributed by atoms with E-state index in [0.29, 0.717) is 29.0 Å². The van der Waals surface area contributed by atoms with Crippen LogP contribution in [0, 0.1) is 35.2 Å². The molecule has 0 N–H and O–H groups in total. The summed E-state index contributed by atoms with van der Waals surface area (Å²) < 4.78 is 45.4. The summed E-state index contributed by atoms with van der Waals surface area (Å²) in [5.41, 5.74) is 3.70. The Morgan fingerprint density at radius 2 is 1.27 bits per heavy atom. The van der Waals surface area contributed by atoms with Crippen LogP contribution in [0.2, 0.25) is 0 Å². The molecule has 0 amide bonds. The highest BCUT2D eigenvalue weighted by Crippen LogP contribution is 2.45. The van der Waals surface area contributed by atoms with Crippen molar-refractivity contribution in [3.63, 3.8) is 0 Å². The molecule has 0 atom stereocenters. The van der Waals surface area contributed by atoms with Crippen molar-refractivity contribution in [2.45, 2.75) is 122 Å². The van der Waals surface area contributed by atoms with Gasteiger partial charge in [0.2, 0.25) is 0 Å². The maximum Gasteiger partial charge on any atom is 0.166 e. The first-order valence-corrected chi connectivity index (χ1v) is 18.0. The molecular weight excluding hydrogens is 561 g/mol. The van der Waals surface area contributed by atoms with E-state index in [9.17, 15) is 4.39 Å². The van der Waals surface area contributed by atoms with E-state index >= 15 is 8.78 Å². The highest BCUT2D eigenvalue weighted by molar-refractivity contribution is 5.71. The summed E-state index contributed by atoms with van der Waals surface area (Å²) in [7, 11) is 0. The van der Waals surface area contributed by atoms with Crippen LogP contribution in [-0.4, -0.2) is 0 Å². The quantitative estimate of drug-likeness (QED) is 0.125. The molecule has 5 rings (SSSR count). The first-order valence-electron chi connectivity index (χ1n) is 18.0. The van der Waals surface area contributed by atoms with Crippen LogP contribution in [0.4, 0.5) is 13.2 Å². The number of rotatable bonds is 14. The minimum absolute atomic E-state index is 0.212. The average Bonchev–Trinajstić information content (AvgIpc) is 3.08. The van der Waals surface area contributed by atoms with E-state index in [4.69, 9.17) is 0 Å². The van der Waals surface area contributed by atoms with Crippen LogP contribution in [0.25, 0.3) is 22.3 Å². The number of hydrogen-bond donors (Lipinski definition) is 0. The van der Waals surface area contributed by atoms with Crippen LogP contribution in [-0.2, 0) is 6.42 Å². The fraction of sp³-hybridized carbons (Fsp3) is 0.524. The van der Waals surface area contributed by atoms with Gasteiger partial charge in [-0.15, -0.1) is 6.58 Å². The molecule has 0 aliphatic heterocycles. The number of hydrogen-bond acceptors (Lipinski definition) is 0. The minimum atomic E-state index is -0.798. The van der Waals surface area contributed by atoms with E-state index in [1.165, 1.54) is 64.2 Å². The van der Waals surface area contributed by atoms with Gasteiger partial charge >= 0.3 is 0 Å². The van der Waals surface area contributed by atoms with Crippen molar-refractivity contribution in [2.75, 3.05) is 0 Å². The van der Waals surface area contributed by atoms with E-state index in [-0.39, 0.29) is 11.4 Å². The van der Waals surface area contributed by atoms with Gasteiger partial charge in [0.1, 0.15) is 5.82 Å². The predicted octanol–water partition coefficient (Wildman–Crippen LogP) is 13.4. The van der Waals surface area contributed by atoms with E-state index in [0.717, 1.165) is 67.4 Å². The monoisotopic (exact) mass is 614 g/mol. The van der Waals surface area contributed by atoms with Gasteiger partial charge in [0, 0.05) is 11.1 Å². The molecule has 242 valence electrons. The Bertz CT molecular complexity index is 1360. The third-order valence-electron chi connectivity index (χ3n) is 11.0. The van der Waals surface area contributed by atoms with Crippen molar-refractivity contribution >= 4 is 0 Å². The van der Waals surface area contributed by atoms with Crippen molar-refractivity contribution in [3.05, 3.63) is 95.8 Å². The third kappa shape index (κ3) is 8.72. The van der Waals surface area contributed by atoms with Gasteiger partial charge in [-0.3, -0.25) is 0 Å². The van der Waals surface area contributed by atoms with Gasteiger partial charge in [-0.05, 0) is 116 Å². The van der Waals surface area contributed by atoms with Crippen molar-refractivity contribution < 1.29 is 13.2 Å². The normalized spacial score (nSPS) is 22.0. The Kier molecular flexibility index (Phi) is 12.4. The Morgan fingerprint density at radius 1 is 0.667 bits per heavy atom. The SMILES string of the molecule is C=CCCC1CCC(C2CCC(c3ccc(-c4ccc(-c5ccc(CCCCCCCC)c(F)c5F)cc4)c(F)c3)CC2)CC1. The summed E-state index contributed by atoms with van der Waals surface area (Å²) in [5, 5.41) is 0. The first-order chi connectivity index (χ1) is 22.0. The zero-order chi connectivity index (χ0) is 31.6. The standard InChI is InChI=1S/C42H53F3/c1-3-5-7-8-9-10-12-36-25-28-39(42(45)41(36)44)35-23-21-34(22-24-35)38-27-26-37(29-40(38)43)33-19-17-32(18-20-33)31-15-13-30(14-16-31)11-6-4-2/h4,21-33H,2-3,5-20H2,1H3. The molecule has 0 nitrogen and oxygen atoms in total. The Balaban J connectivity index is 1.15. The molecule has 0 saturated heterocycles. The van der Waals surface area contributed by atoms with Crippen LogP contribution >= 0.6 is 0 Å². The smallest absolute Gasteiger partial charge is 0.166 e. The number of unbranched alkanes of at least 4 members (excludes halogenated alkanes) is 5. The molecule has 45 heavy (non-hydrogen) atoms. The zero-order valence-corrected chi connectivity index (χ0v) is 27.4. The summed E-state index contributed by atoms with van der Waals surface area (Å²) >= 11 is 0. The second kappa shape index (κ2) is 16.7. The molecule has 3 heteroatoms. The van der Waals surface area contributed by atoms with Crippen molar-refractivity contribution in [1.29, 1.82) is 0 Å². The molecule has 2 aliphatic carbocycles. The molecular formula is C42H53F3. The second-order valence-corrected chi connectivity index (χ2v) is 14.0. The van der Waals surface area contributed by atoms with E-state index < -0.39 is 11.6 Å². The third-order valence-corrected chi connectivity index (χ3v) is 11.0. The molecule has 2 fully saturated rings. The van der Waals surface area contributed by atoms with E-state index in [1.807, 2.05) is 18.2 Å². The summed E-state index contributed by atoms with van der Waals surface area (Å²) in [5.74, 6) is 1.28. The van der Waals surface area contributed by atoms with Crippen LogP contribution in [0.3, 0.4) is 0 Å². The minimum Gasteiger partial charge on any atom is -0.206 e. The average molecular weight is 615 g/mol. The lowest BCUT2D eigenvalue weighted by Crippen LogP contribution is -2.25. The summed E-state index contributed by atoms with van der Waals surface area (Å²) in [6.07, 6.45) is 22.1. The Labute approximate surface area is 270 Å². The first kappa shape index (κ1) is 33.6. The molecule has 2 aliphatic rings. The molecule has 0 radical (unpaired) electrons. The van der Waals surface area contributed by atoms with Gasteiger partial charge in [0.05, 0.1) is 0 Å². The van der Waals surface area contributed by atoms with Gasteiger partial charge in [0.15, 0.2) is 11.6 Å². The highest BCUT2D eigenvalue weighted by atomic mass is 19.2. The Morgan fingerprint density at radius 3 is 1.91 bits per heavy atom. The molecule has 3 aromatic rings. The van der Waals surface area contributed by atoms with E-state index in [1.54, 1.807) is 30.3 Å². The van der Waals surface area contributed by atoms with Crippen LogP contribution in [0.15, 0.2) is 67.3 Å². The van der Waals surface area contributed by atoms with Gasteiger partial charge in [-0.2, -0.15) is 0 Å². The second-order valence-electron chi connectivity index (χ2n) is 14.0. The summed E-state index contributed by atoms with van der Waals surface area (Å²) in [4.78, 5) is 0. The molecule has 0 bridgehead atoms. The summed E-state index contributed by atoms with van der Waals surface area (Å²) in [6, 6.07) is 16.3. The molecule has 0 heterocycles. The molecule has 0 spiro atoms. The van der Waals surface area contributed by atoms with Crippen molar-refractivity contribution in [3.8, 4) is 22.3 Å². The largest absolute Gasteiger partial charge is 0.206 e. The van der Waals surface area contributed by atoms with Gasteiger partial charge in [-0.1, -0.05) is 106 Å². The lowest BCUT2D eigenvalue weighted by Gasteiger charge is -2.38. The fourth-order valence-corrected chi connectivity index (χ4v) is 8.18. The van der Waals surface area contributed by atoms with Crippen LogP contribution < -0.4 is 0 Å². The highest BCUT2D eigenvalue weighted by Gasteiger charge is 2.31. The number of benzene rings is 3. The molecule has 0 unspecified atom stereocenters. The van der Waals surface area contributed by atoms with Gasteiger partial charge < -0.3 is 0 Å². The molecule has 0 aromatic heterocycles. The van der Waals surface area contributed by atoms with Crippen LogP contribution in [0.1, 0.15) is 127 Å². The number of aryl methyl sites for hydroxylation is 1. The maximum atomic E-state index is 15.4.